The Hall–Kier alpha value is -0.480. The lowest BCUT2D eigenvalue weighted by molar-refractivity contribution is 0.213. The molecule has 1 aliphatic heterocycles. The summed E-state index contributed by atoms with van der Waals surface area (Å²) in [6, 6.07) is 4.21. The highest BCUT2D eigenvalue weighted by atomic mass is 79.9. The molecular formula is C11H12BrNOS. The van der Waals surface area contributed by atoms with Crippen LogP contribution in [0.1, 0.15) is 17.5 Å². The van der Waals surface area contributed by atoms with Crippen LogP contribution in [-0.2, 0) is 4.84 Å². The molecule has 80 valence electrons. The summed E-state index contributed by atoms with van der Waals surface area (Å²) < 4.78 is 1.15. The van der Waals surface area contributed by atoms with Crippen molar-refractivity contribution in [1.29, 1.82) is 0 Å². The Kier molecular flexibility index (Phi) is 3.36. The van der Waals surface area contributed by atoms with E-state index in [9.17, 15) is 0 Å². The lowest BCUT2D eigenvalue weighted by Crippen LogP contribution is -2.12. The van der Waals surface area contributed by atoms with E-state index in [2.05, 4.69) is 40.1 Å². The Labute approximate surface area is 102 Å². The van der Waals surface area contributed by atoms with E-state index in [4.69, 9.17) is 4.84 Å². The molecule has 1 heterocycles. The van der Waals surface area contributed by atoms with Gasteiger partial charge in [0.25, 0.3) is 0 Å². The second-order valence-electron chi connectivity index (χ2n) is 3.39. The number of rotatable bonds is 1. The van der Waals surface area contributed by atoms with Gasteiger partial charge in [-0.25, -0.2) is 0 Å². The number of thioether (sulfide) groups is 1. The molecule has 0 amide bonds. The Morgan fingerprint density at radius 1 is 1.47 bits per heavy atom. The van der Waals surface area contributed by atoms with E-state index in [1.54, 1.807) is 7.11 Å². The van der Waals surface area contributed by atoms with Crippen molar-refractivity contribution in [1.82, 2.24) is 0 Å². The number of halogens is 1. The Balaban J connectivity index is 2.60. The first-order valence-corrected chi connectivity index (χ1v) is 6.54. The molecule has 4 heteroatoms. The molecule has 1 aromatic carbocycles. The highest BCUT2D eigenvalue weighted by Gasteiger charge is 2.20. The van der Waals surface area contributed by atoms with E-state index in [1.165, 1.54) is 16.0 Å². The topological polar surface area (TPSA) is 21.6 Å². The third-order valence-electron chi connectivity index (χ3n) is 2.39. The average Bonchev–Trinajstić information content (AvgIpc) is 2.24. The predicted molar refractivity (Wildman–Crippen MR) is 67.8 cm³/mol. The third kappa shape index (κ3) is 2.06. The Morgan fingerprint density at radius 2 is 2.27 bits per heavy atom. The van der Waals surface area contributed by atoms with E-state index in [0.29, 0.717) is 0 Å². The summed E-state index contributed by atoms with van der Waals surface area (Å²) in [5, 5.41) is 4.11. The van der Waals surface area contributed by atoms with Gasteiger partial charge in [-0.1, -0.05) is 11.2 Å². The molecule has 0 N–H and O–H groups in total. The molecule has 2 nitrogen and oxygen atoms in total. The van der Waals surface area contributed by atoms with Crippen LogP contribution < -0.4 is 0 Å². The standard InChI is InChI=1S/C11H12BrNOS/c1-7-3-4-8(12)11-10(7)9(13-14-2)5-6-15-11/h3-4H,5-6H2,1-2H3/b13-9+. The molecule has 1 aromatic rings. The SMILES string of the molecule is CO/N=C1\CCSc2c(Br)ccc(C)c21. The molecule has 0 bridgehead atoms. The first-order valence-electron chi connectivity index (χ1n) is 4.76. The minimum absolute atomic E-state index is 0.975. The van der Waals surface area contributed by atoms with Gasteiger partial charge in [0.2, 0.25) is 0 Å². The number of hydrogen-bond acceptors (Lipinski definition) is 3. The second-order valence-corrected chi connectivity index (χ2v) is 5.35. The van der Waals surface area contributed by atoms with Crippen molar-refractivity contribution in [3.05, 3.63) is 27.7 Å². The van der Waals surface area contributed by atoms with Gasteiger partial charge in [0.1, 0.15) is 7.11 Å². The number of oxime groups is 1. The molecule has 0 spiro atoms. The van der Waals surface area contributed by atoms with E-state index < -0.39 is 0 Å². The lowest BCUT2D eigenvalue weighted by Gasteiger charge is -2.20. The van der Waals surface area contributed by atoms with E-state index in [0.717, 1.165) is 22.4 Å². The average molecular weight is 286 g/mol. The number of aryl methyl sites for hydroxylation is 1. The highest BCUT2D eigenvalue weighted by Crippen LogP contribution is 2.37. The van der Waals surface area contributed by atoms with Crippen molar-refractivity contribution in [3.8, 4) is 0 Å². The summed E-state index contributed by atoms with van der Waals surface area (Å²) >= 11 is 5.45. The molecule has 0 saturated heterocycles. The van der Waals surface area contributed by atoms with Gasteiger partial charge in [0.15, 0.2) is 0 Å². The van der Waals surface area contributed by atoms with Gasteiger partial charge in [-0.05, 0) is 34.5 Å². The molecule has 0 aliphatic carbocycles. The first kappa shape index (κ1) is 11.0. The molecule has 0 aromatic heterocycles. The maximum Gasteiger partial charge on any atom is 0.106 e. The van der Waals surface area contributed by atoms with Gasteiger partial charge in [-0.15, -0.1) is 11.8 Å². The van der Waals surface area contributed by atoms with Gasteiger partial charge in [0.05, 0.1) is 5.71 Å². The maximum absolute atomic E-state index is 4.90. The largest absolute Gasteiger partial charge is 0.399 e. The van der Waals surface area contributed by atoms with Crippen LogP contribution in [0.4, 0.5) is 0 Å². The van der Waals surface area contributed by atoms with Crippen LogP contribution in [0.3, 0.4) is 0 Å². The quantitative estimate of drug-likeness (QED) is 0.736. The predicted octanol–water partition coefficient (Wildman–Crippen LogP) is 3.60. The van der Waals surface area contributed by atoms with Crippen molar-refractivity contribution in [2.24, 2.45) is 5.16 Å². The fourth-order valence-electron chi connectivity index (χ4n) is 1.73. The van der Waals surface area contributed by atoms with Crippen molar-refractivity contribution in [2.45, 2.75) is 18.2 Å². The van der Waals surface area contributed by atoms with Crippen LogP contribution in [-0.4, -0.2) is 18.6 Å². The molecule has 0 fully saturated rings. The van der Waals surface area contributed by atoms with Gasteiger partial charge in [0, 0.05) is 27.1 Å². The Bertz CT molecular complexity index is 417. The molecule has 1 aliphatic rings. The van der Waals surface area contributed by atoms with Crippen LogP contribution in [0.25, 0.3) is 0 Å². The van der Waals surface area contributed by atoms with Crippen molar-refractivity contribution in [3.63, 3.8) is 0 Å². The minimum atomic E-state index is 0.975. The van der Waals surface area contributed by atoms with Crippen LogP contribution in [0.5, 0.6) is 0 Å². The van der Waals surface area contributed by atoms with Crippen LogP contribution in [0.15, 0.2) is 26.7 Å². The second kappa shape index (κ2) is 4.58. The zero-order valence-corrected chi connectivity index (χ0v) is 11.1. The zero-order valence-electron chi connectivity index (χ0n) is 8.71. The summed E-state index contributed by atoms with van der Waals surface area (Å²) in [4.78, 5) is 6.19. The summed E-state index contributed by atoms with van der Waals surface area (Å²) in [5.41, 5.74) is 3.56. The number of nitrogens with zero attached hydrogens (tertiary/aromatic N) is 1. The fraction of sp³-hybridized carbons (Fsp3) is 0.364. The fourth-order valence-corrected chi connectivity index (χ4v) is 3.53. The van der Waals surface area contributed by atoms with Gasteiger partial charge in [-0.2, -0.15) is 0 Å². The van der Waals surface area contributed by atoms with Crippen LogP contribution >= 0.6 is 27.7 Å². The minimum Gasteiger partial charge on any atom is -0.399 e. The molecule has 0 radical (unpaired) electrons. The van der Waals surface area contributed by atoms with Crippen molar-refractivity contribution in [2.75, 3.05) is 12.9 Å². The smallest absolute Gasteiger partial charge is 0.106 e. The molecular weight excluding hydrogens is 274 g/mol. The van der Waals surface area contributed by atoms with E-state index in [1.807, 2.05) is 11.8 Å². The van der Waals surface area contributed by atoms with Crippen molar-refractivity contribution >= 4 is 33.4 Å². The van der Waals surface area contributed by atoms with Gasteiger partial charge < -0.3 is 4.84 Å². The molecule has 0 atom stereocenters. The van der Waals surface area contributed by atoms with E-state index in [-0.39, 0.29) is 0 Å². The third-order valence-corrected chi connectivity index (χ3v) is 4.44. The van der Waals surface area contributed by atoms with Gasteiger partial charge in [-0.3, -0.25) is 0 Å². The normalized spacial score (nSPS) is 17.7. The number of benzene rings is 1. The number of fused-ring (bicyclic) bond motifs is 1. The van der Waals surface area contributed by atoms with Gasteiger partial charge >= 0.3 is 0 Å². The molecule has 0 saturated carbocycles. The van der Waals surface area contributed by atoms with Crippen LogP contribution in [0.2, 0.25) is 0 Å². The van der Waals surface area contributed by atoms with Crippen molar-refractivity contribution < 1.29 is 4.84 Å². The lowest BCUT2D eigenvalue weighted by atomic mass is 10.0. The maximum atomic E-state index is 4.90. The highest BCUT2D eigenvalue weighted by molar-refractivity contribution is 9.10. The Morgan fingerprint density at radius 3 is 3.00 bits per heavy atom. The molecule has 0 unspecified atom stereocenters. The van der Waals surface area contributed by atoms with E-state index >= 15 is 0 Å². The monoisotopic (exact) mass is 285 g/mol. The summed E-state index contributed by atoms with van der Waals surface area (Å²) in [5.74, 6) is 1.07. The van der Waals surface area contributed by atoms with Crippen LogP contribution in [0, 0.1) is 6.92 Å². The molecule has 15 heavy (non-hydrogen) atoms. The summed E-state index contributed by atoms with van der Waals surface area (Å²) in [6.45, 7) is 2.11. The first-order chi connectivity index (χ1) is 7.24. The summed E-state index contributed by atoms with van der Waals surface area (Å²) in [7, 11) is 1.60. The number of hydrogen-bond donors (Lipinski definition) is 0. The zero-order chi connectivity index (χ0) is 10.8. The molecule has 2 rings (SSSR count). The summed E-state index contributed by atoms with van der Waals surface area (Å²) in [6.07, 6.45) is 0.975.